The molecule has 0 radical (unpaired) electrons. The lowest BCUT2D eigenvalue weighted by atomic mass is 10.1. The van der Waals surface area contributed by atoms with Crippen LogP contribution in [0.4, 0.5) is 0 Å². The van der Waals surface area contributed by atoms with E-state index in [2.05, 4.69) is 6.58 Å². The summed E-state index contributed by atoms with van der Waals surface area (Å²) < 4.78 is 0. The van der Waals surface area contributed by atoms with E-state index in [-0.39, 0.29) is 18.6 Å². The molecule has 0 rings (SSSR count). The van der Waals surface area contributed by atoms with Gasteiger partial charge in [-0.05, 0) is 32.8 Å². The minimum atomic E-state index is -0.342. The SMILES string of the molecule is C=C/C=C\C(=C/CC)N(/C=C\C)C(=O)/C=C(\C)CC(N)CO.CC. The van der Waals surface area contributed by atoms with Gasteiger partial charge in [0.05, 0.1) is 6.61 Å². The van der Waals surface area contributed by atoms with E-state index in [9.17, 15) is 4.79 Å². The Bertz CT molecular complexity index is 474. The standard InChI is InChI=1S/C18H28N2O2.C2H6/c1-5-8-10-17(9-6-2)20(11-7-3)18(22)13-15(4)12-16(19)14-21;1-2/h5,7-11,13,16,21H,1,6,12,14,19H2,2-4H3;1-2H3/b10-8-,11-7-,15-13+,17-9+;. The van der Waals surface area contributed by atoms with Crippen molar-refractivity contribution in [1.29, 1.82) is 0 Å². The zero-order valence-electron chi connectivity index (χ0n) is 15.8. The first-order valence-corrected chi connectivity index (χ1v) is 8.48. The fourth-order valence-electron chi connectivity index (χ4n) is 1.88. The molecular weight excluding hydrogens is 300 g/mol. The number of nitrogens with two attached hydrogens (primary N) is 1. The van der Waals surface area contributed by atoms with Crippen molar-refractivity contribution in [3.8, 4) is 0 Å². The van der Waals surface area contributed by atoms with Crippen molar-refractivity contribution >= 4 is 5.91 Å². The number of nitrogens with zero attached hydrogens (tertiary/aromatic N) is 1. The Hall–Kier alpha value is -1.91. The predicted octanol–water partition coefficient (Wildman–Crippen LogP) is 4.07. The molecule has 0 aromatic rings. The lowest BCUT2D eigenvalue weighted by Gasteiger charge is -2.19. The number of carbonyl (C=O) groups excluding carboxylic acids is 1. The second kappa shape index (κ2) is 16.0. The minimum absolute atomic E-state index is 0.0962. The van der Waals surface area contributed by atoms with E-state index in [4.69, 9.17) is 10.8 Å². The Balaban J connectivity index is 0. The average molecular weight is 335 g/mol. The first-order valence-electron chi connectivity index (χ1n) is 8.48. The second-order valence-corrected chi connectivity index (χ2v) is 4.96. The van der Waals surface area contributed by atoms with Gasteiger partial charge >= 0.3 is 0 Å². The van der Waals surface area contributed by atoms with Gasteiger partial charge in [-0.25, -0.2) is 0 Å². The average Bonchev–Trinajstić information content (AvgIpc) is 2.58. The maximum atomic E-state index is 12.5. The quantitative estimate of drug-likeness (QED) is 0.493. The summed E-state index contributed by atoms with van der Waals surface area (Å²) in [6.45, 7) is 13.3. The molecule has 0 aliphatic rings. The normalized spacial score (nSPS) is 13.6. The van der Waals surface area contributed by atoms with Gasteiger partial charge in [-0.1, -0.05) is 57.2 Å². The molecule has 1 unspecified atom stereocenters. The Kier molecular flexibility index (Phi) is 16.2. The molecule has 136 valence electrons. The summed E-state index contributed by atoms with van der Waals surface area (Å²) >= 11 is 0. The van der Waals surface area contributed by atoms with Gasteiger partial charge in [0.1, 0.15) is 0 Å². The van der Waals surface area contributed by atoms with Crippen molar-refractivity contribution in [2.24, 2.45) is 5.73 Å². The molecule has 0 heterocycles. The van der Waals surface area contributed by atoms with Crippen molar-refractivity contribution in [2.45, 2.75) is 53.5 Å². The summed E-state index contributed by atoms with van der Waals surface area (Å²) in [5.74, 6) is -0.144. The zero-order valence-corrected chi connectivity index (χ0v) is 15.8. The maximum absolute atomic E-state index is 12.5. The smallest absolute Gasteiger partial charge is 0.254 e. The summed E-state index contributed by atoms with van der Waals surface area (Å²) in [5.41, 5.74) is 7.32. The van der Waals surface area contributed by atoms with Gasteiger partial charge in [0.2, 0.25) is 0 Å². The van der Waals surface area contributed by atoms with Crippen LogP contribution in [0.5, 0.6) is 0 Å². The molecule has 0 spiro atoms. The molecule has 0 bridgehead atoms. The molecular formula is C20H34N2O2. The highest BCUT2D eigenvalue weighted by molar-refractivity contribution is 5.90. The topological polar surface area (TPSA) is 66.6 Å². The number of allylic oxidation sites excluding steroid dienone is 5. The van der Waals surface area contributed by atoms with Crippen LogP contribution in [0.3, 0.4) is 0 Å². The van der Waals surface area contributed by atoms with Crippen molar-refractivity contribution in [3.63, 3.8) is 0 Å². The first kappa shape index (κ1) is 24.3. The van der Waals surface area contributed by atoms with Crippen LogP contribution >= 0.6 is 0 Å². The molecule has 1 amide bonds. The van der Waals surface area contributed by atoms with Crippen LogP contribution in [0.1, 0.15) is 47.5 Å². The van der Waals surface area contributed by atoms with E-state index < -0.39 is 0 Å². The van der Waals surface area contributed by atoms with Crippen molar-refractivity contribution < 1.29 is 9.90 Å². The van der Waals surface area contributed by atoms with Crippen molar-refractivity contribution in [1.82, 2.24) is 4.90 Å². The number of hydrogen-bond acceptors (Lipinski definition) is 3. The third-order valence-electron chi connectivity index (χ3n) is 2.82. The van der Waals surface area contributed by atoms with Crippen LogP contribution in [-0.4, -0.2) is 28.6 Å². The Labute approximate surface area is 147 Å². The van der Waals surface area contributed by atoms with Gasteiger partial charge in [-0.3, -0.25) is 9.69 Å². The molecule has 0 fully saturated rings. The van der Waals surface area contributed by atoms with Crippen LogP contribution in [0.25, 0.3) is 0 Å². The van der Waals surface area contributed by atoms with Gasteiger partial charge in [-0.15, -0.1) is 0 Å². The highest BCUT2D eigenvalue weighted by Gasteiger charge is 2.12. The third kappa shape index (κ3) is 10.8. The van der Waals surface area contributed by atoms with Crippen molar-refractivity contribution in [3.05, 3.63) is 60.5 Å². The summed E-state index contributed by atoms with van der Waals surface area (Å²) in [6, 6.07) is -0.342. The van der Waals surface area contributed by atoms with Crippen LogP contribution in [-0.2, 0) is 4.79 Å². The molecule has 0 aromatic heterocycles. The molecule has 0 saturated carbocycles. The van der Waals surface area contributed by atoms with E-state index in [0.29, 0.717) is 6.42 Å². The van der Waals surface area contributed by atoms with Gasteiger partial charge in [0, 0.05) is 24.0 Å². The Morgan fingerprint density at radius 3 is 2.46 bits per heavy atom. The number of aliphatic hydroxyl groups is 1. The fraction of sp³-hybridized carbons (Fsp3) is 0.450. The minimum Gasteiger partial charge on any atom is -0.395 e. The van der Waals surface area contributed by atoms with Crippen LogP contribution in [0.2, 0.25) is 0 Å². The molecule has 4 heteroatoms. The summed E-state index contributed by atoms with van der Waals surface area (Å²) in [4.78, 5) is 14.1. The fourth-order valence-corrected chi connectivity index (χ4v) is 1.88. The number of hydrogen-bond donors (Lipinski definition) is 2. The third-order valence-corrected chi connectivity index (χ3v) is 2.82. The van der Waals surface area contributed by atoms with E-state index in [0.717, 1.165) is 17.7 Å². The summed E-state index contributed by atoms with van der Waals surface area (Å²) in [7, 11) is 0. The van der Waals surface area contributed by atoms with E-state index in [1.54, 1.807) is 29.3 Å². The highest BCUT2D eigenvalue weighted by Crippen LogP contribution is 2.12. The number of carbonyl (C=O) groups is 1. The first-order chi connectivity index (χ1) is 11.5. The van der Waals surface area contributed by atoms with Gasteiger partial charge in [0.25, 0.3) is 5.91 Å². The predicted molar refractivity (Wildman–Crippen MR) is 104 cm³/mol. The maximum Gasteiger partial charge on any atom is 0.254 e. The molecule has 0 aliphatic carbocycles. The van der Waals surface area contributed by atoms with Gasteiger partial charge in [0.15, 0.2) is 0 Å². The Morgan fingerprint density at radius 2 is 2.00 bits per heavy atom. The molecule has 4 nitrogen and oxygen atoms in total. The van der Waals surface area contributed by atoms with Crippen molar-refractivity contribution in [2.75, 3.05) is 6.61 Å². The summed E-state index contributed by atoms with van der Waals surface area (Å²) in [6.07, 6.45) is 13.7. The molecule has 0 aliphatic heterocycles. The van der Waals surface area contributed by atoms with Crippen LogP contribution in [0, 0.1) is 0 Å². The van der Waals surface area contributed by atoms with Crippen LogP contribution < -0.4 is 5.73 Å². The lowest BCUT2D eigenvalue weighted by Crippen LogP contribution is -2.26. The van der Waals surface area contributed by atoms with Gasteiger partial charge < -0.3 is 10.8 Å². The molecule has 3 N–H and O–H groups in total. The Morgan fingerprint density at radius 1 is 1.38 bits per heavy atom. The molecule has 0 aromatic carbocycles. The zero-order chi connectivity index (χ0) is 19.0. The monoisotopic (exact) mass is 334 g/mol. The molecule has 0 saturated heterocycles. The van der Waals surface area contributed by atoms with E-state index in [1.807, 2.05) is 52.8 Å². The molecule has 1 atom stereocenters. The number of amides is 1. The van der Waals surface area contributed by atoms with E-state index in [1.165, 1.54) is 0 Å². The highest BCUT2D eigenvalue weighted by atomic mass is 16.3. The second-order valence-electron chi connectivity index (χ2n) is 4.96. The number of aliphatic hydroxyl groups excluding tert-OH is 1. The molecule has 24 heavy (non-hydrogen) atoms. The van der Waals surface area contributed by atoms with Crippen LogP contribution in [0.15, 0.2) is 60.5 Å². The van der Waals surface area contributed by atoms with E-state index >= 15 is 0 Å². The largest absolute Gasteiger partial charge is 0.395 e. The number of rotatable bonds is 9. The van der Waals surface area contributed by atoms with Gasteiger partial charge in [-0.2, -0.15) is 0 Å². The lowest BCUT2D eigenvalue weighted by molar-refractivity contribution is -0.122. The summed E-state index contributed by atoms with van der Waals surface area (Å²) in [5, 5.41) is 8.98.